The van der Waals surface area contributed by atoms with Gasteiger partial charge in [-0.15, -0.1) is 0 Å². The summed E-state index contributed by atoms with van der Waals surface area (Å²) >= 11 is 0. The number of aliphatic hydroxyl groups is 7. The van der Waals surface area contributed by atoms with Crippen LogP contribution in [0.5, 0.6) is 0 Å². The molecule has 0 amide bonds. The van der Waals surface area contributed by atoms with E-state index in [4.69, 9.17) is 28.4 Å². The van der Waals surface area contributed by atoms with E-state index in [1.54, 1.807) is 0 Å². The fourth-order valence-corrected chi connectivity index (χ4v) is 7.17. The zero-order chi connectivity index (χ0) is 43.3. The summed E-state index contributed by atoms with van der Waals surface area (Å²) in [5, 5.41) is 71.7. The van der Waals surface area contributed by atoms with Gasteiger partial charge in [-0.05, 0) is 25.7 Å². The molecular weight excluding hydrogens is 768 g/mol. The van der Waals surface area contributed by atoms with Crippen LogP contribution in [-0.4, -0.2) is 142 Å². The standard InChI is InChI=1S/C44H80O15/c1-3-5-7-9-11-13-14-15-16-17-18-19-21-22-24-26-35(46)54-29-32(57-36(47)27-25-23-20-12-10-8-6-4-2)30-55-43-42(53)40(51)38(49)34(59-43)31-56-44-41(52)39(50)37(48)33(28-45)58-44/h21-22,32-34,37-45,48-53H,3-20,23-31H2,1-2H3/b22-21+/t32-,33-,34-,37+,38+,39?,40?,41?,42?,43-,44-/m1/s1. The van der Waals surface area contributed by atoms with Crippen LogP contribution in [0.2, 0.25) is 0 Å². The first-order chi connectivity index (χ1) is 28.5. The van der Waals surface area contributed by atoms with E-state index in [1.165, 1.54) is 89.9 Å². The zero-order valence-electron chi connectivity index (χ0n) is 36.0. The molecule has 2 aliphatic rings. The van der Waals surface area contributed by atoms with Crippen LogP contribution in [0.1, 0.15) is 162 Å². The second-order valence-corrected chi connectivity index (χ2v) is 16.2. The third kappa shape index (κ3) is 22.2. The summed E-state index contributed by atoms with van der Waals surface area (Å²) < 4.78 is 33.3. The van der Waals surface area contributed by atoms with Crippen LogP contribution in [0.15, 0.2) is 12.2 Å². The van der Waals surface area contributed by atoms with Crippen LogP contribution < -0.4 is 0 Å². The number of hydrogen-bond donors (Lipinski definition) is 7. The highest BCUT2D eigenvalue weighted by Gasteiger charge is 2.47. The van der Waals surface area contributed by atoms with Crippen LogP contribution in [0.4, 0.5) is 0 Å². The quantitative estimate of drug-likeness (QED) is 0.0266. The Morgan fingerprint density at radius 1 is 0.525 bits per heavy atom. The number of hydrogen-bond acceptors (Lipinski definition) is 15. The Bertz CT molecular complexity index is 1090. The molecule has 0 aromatic carbocycles. The predicted molar refractivity (Wildman–Crippen MR) is 220 cm³/mol. The van der Waals surface area contributed by atoms with Crippen LogP contribution in [0.25, 0.3) is 0 Å². The van der Waals surface area contributed by atoms with E-state index < -0.39 is 92.7 Å². The minimum atomic E-state index is -1.76. The SMILES string of the molecule is CCCCCCCCCCCCC/C=C/CCC(=O)OC[C@H](CO[C@@H]1O[C@H](CO[C@@H]2O[C@H](CO)[C@H](O)C(O)C2O)[C@H](O)C(O)C1O)OC(=O)CCCCCCCCCC. The summed E-state index contributed by atoms with van der Waals surface area (Å²) in [6, 6.07) is 0. The average Bonchev–Trinajstić information content (AvgIpc) is 3.23. The maximum atomic E-state index is 12.8. The molecule has 0 saturated carbocycles. The van der Waals surface area contributed by atoms with Crippen molar-refractivity contribution in [1.82, 2.24) is 0 Å². The molecule has 59 heavy (non-hydrogen) atoms. The zero-order valence-corrected chi connectivity index (χ0v) is 36.0. The van der Waals surface area contributed by atoms with Crippen molar-refractivity contribution < 1.29 is 73.8 Å². The van der Waals surface area contributed by atoms with E-state index in [9.17, 15) is 45.3 Å². The van der Waals surface area contributed by atoms with Crippen LogP contribution in [0.3, 0.4) is 0 Å². The summed E-state index contributed by atoms with van der Waals surface area (Å²) in [5.74, 6) is -0.983. The fraction of sp³-hybridized carbons (Fsp3) is 0.909. The molecule has 7 N–H and O–H groups in total. The topological polar surface area (TPSA) is 231 Å². The molecule has 0 aliphatic carbocycles. The van der Waals surface area contributed by atoms with Gasteiger partial charge in [0.2, 0.25) is 0 Å². The normalized spacial score (nSPS) is 27.9. The van der Waals surface area contributed by atoms with E-state index >= 15 is 0 Å². The third-order valence-corrected chi connectivity index (χ3v) is 11.0. The highest BCUT2D eigenvalue weighted by Crippen LogP contribution is 2.26. The number of ether oxygens (including phenoxy) is 6. The van der Waals surface area contributed by atoms with Crippen molar-refractivity contribution in [2.75, 3.05) is 26.4 Å². The number of carbonyl (C=O) groups is 2. The van der Waals surface area contributed by atoms with Gasteiger partial charge in [-0.25, -0.2) is 0 Å². The van der Waals surface area contributed by atoms with Crippen LogP contribution in [0, 0.1) is 0 Å². The van der Waals surface area contributed by atoms with Crippen molar-refractivity contribution >= 4 is 11.9 Å². The van der Waals surface area contributed by atoms with E-state index in [-0.39, 0.29) is 26.1 Å². The lowest BCUT2D eigenvalue weighted by molar-refractivity contribution is -0.332. The van der Waals surface area contributed by atoms with Gasteiger partial charge in [0.25, 0.3) is 0 Å². The molecule has 0 bridgehead atoms. The second-order valence-electron chi connectivity index (χ2n) is 16.2. The van der Waals surface area contributed by atoms with Crippen molar-refractivity contribution in [2.45, 2.75) is 229 Å². The molecule has 346 valence electrons. The molecule has 0 spiro atoms. The first kappa shape index (κ1) is 53.4. The van der Waals surface area contributed by atoms with E-state index in [0.29, 0.717) is 12.8 Å². The smallest absolute Gasteiger partial charge is 0.306 e. The highest BCUT2D eigenvalue weighted by atomic mass is 16.7. The van der Waals surface area contributed by atoms with Gasteiger partial charge in [0.1, 0.15) is 55.4 Å². The highest BCUT2D eigenvalue weighted by molar-refractivity contribution is 5.70. The maximum Gasteiger partial charge on any atom is 0.306 e. The van der Waals surface area contributed by atoms with Gasteiger partial charge in [0, 0.05) is 12.8 Å². The van der Waals surface area contributed by atoms with Gasteiger partial charge in [0.05, 0.1) is 19.8 Å². The molecule has 4 unspecified atom stereocenters. The summed E-state index contributed by atoms with van der Waals surface area (Å²) in [6.07, 6.45) is 11.5. The molecule has 0 radical (unpaired) electrons. The molecule has 15 nitrogen and oxygen atoms in total. The minimum Gasteiger partial charge on any atom is -0.462 e. The number of rotatable bonds is 34. The Morgan fingerprint density at radius 2 is 1.00 bits per heavy atom. The summed E-state index contributed by atoms with van der Waals surface area (Å²) in [4.78, 5) is 25.5. The van der Waals surface area contributed by atoms with Crippen LogP contribution in [-0.2, 0) is 38.0 Å². The van der Waals surface area contributed by atoms with Gasteiger partial charge in [-0.2, -0.15) is 0 Å². The first-order valence-corrected chi connectivity index (χ1v) is 22.8. The second kappa shape index (κ2) is 32.9. The monoisotopic (exact) mass is 849 g/mol. The molecule has 0 aromatic heterocycles. The van der Waals surface area contributed by atoms with Gasteiger partial charge in [-0.3, -0.25) is 9.59 Å². The van der Waals surface area contributed by atoms with Crippen LogP contribution >= 0.6 is 0 Å². The molecule has 11 atom stereocenters. The van der Waals surface area contributed by atoms with Gasteiger partial charge < -0.3 is 64.2 Å². The lowest BCUT2D eigenvalue weighted by Gasteiger charge is -2.42. The summed E-state index contributed by atoms with van der Waals surface area (Å²) in [5.41, 5.74) is 0. The van der Waals surface area contributed by atoms with Gasteiger partial charge in [0.15, 0.2) is 18.7 Å². The molecular formula is C44H80O15. The van der Waals surface area contributed by atoms with Crippen molar-refractivity contribution in [1.29, 1.82) is 0 Å². The Labute approximate surface area is 352 Å². The number of esters is 2. The molecule has 2 fully saturated rings. The lowest BCUT2D eigenvalue weighted by atomic mass is 9.98. The molecule has 15 heteroatoms. The number of allylic oxidation sites excluding steroid dienone is 2. The maximum absolute atomic E-state index is 12.8. The van der Waals surface area contributed by atoms with Crippen molar-refractivity contribution in [3.63, 3.8) is 0 Å². The van der Waals surface area contributed by atoms with E-state index in [1.807, 2.05) is 6.08 Å². The Kier molecular flexibility index (Phi) is 29.8. The Morgan fingerprint density at radius 3 is 1.56 bits per heavy atom. The van der Waals surface area contributed by atoms with Crippen molar-refractivity contribution in [2.24, 2.45) is 0 Å². The lowest BCUT2D eigenvalue weighted by Crippen LogP contribution is -2.61. The predicted octanol–water partition coefficient (Wildman–Crippen LogP) is 4.65. The largest absolute Gasteiger partial charge is 0.462 e. The van der Waals surface area contributed by atoms with Gasteiger partial charge >= 0.3 is 11.9 Å². The molecule has 2 rings (SSSR count). The fourth-order valence-electron chi connectivity index (χ4n) is 7.17. The minimum absolute atomic E-state index is 0.138. The third-order valence-electron chi connectivity index (χ3n) is 11.0. The summed E-state index contributed by atoms with van der Waals surface area (Å²) in [7, 11) is 0. The Hall–Kier alpha value is -1.76. The first-order valence-electron chi connectivity index (χ1n) is 22.8. The molecule has 2 aliphatic heterocycles. The molecule has 2 saturated heterocycles. The average molecular weight is 849 g/mol. The molecule has 0 aromatic rings. The van der Waals surface area contributed by atoms with Crippen molar-refractivity contribution in [3.05, 3.63) is 12.2 Å². The number of aliphatic hydroxyl groups excluding tert-OH is 7. The van der Waals surface area contributed by atoms with Gasteiger partial charge in [-0.1, -0.05) is 135 Å². The number of unbranched alkanes of at least 4 members (excludes halogenated alkanes) is 18. The number of carbonyl (C=O) groups excluding carboxylic acids is 2. The van der Waals surface area contributed by atoms with E-state index in [2.05, 4.69) is 19.9 Å². The summed E-state index contributed by atoms with van der Waals surface area (Å²) in [6.45, 7) is 2.50. The van der Waals surface area contributed by atoms with Crippen molar-refractivity contribution in [3.8, 4) is 0 Å². The van der Waals surface area contributed by atoms with E-state index in [0.717, 1.165) is 32.1 Å². The molecule has 2 heterocycles. The Balaban J connectivity index is 1.84.